The number of nitrogens with one attached hydrogen (secondary N) is 1. The molecule has 1 aromatic rings. The summed E-state index contributed by atoms with van der Waals surface area (Å²) < 4.78 is 0. The van der Waals surface area contributed by atoms with Crippen LogP contribution in [0.3, 0.4) is 0 Å². The summed E-state index contributed by atoms with van der Waals surface area (Å²) >= 11 is 6.09. The molecule has 0 aromatic carbocycles. The van der Waals surface area contributed by atoms with Crippen molar-refractivity contribution in [2.75, 3.05) is 5.32 Å². The third kappa shape index (κ3) is 3.88. The number of halogens is 1. The van der Waals surface area contributed by atoms with Gasteiger partial charge >= 0.3 is 0 Å². The number of nitrogens with zero attached hydrogens (tertiary/aromatic N) is 1. The van der Waals surface area contributed by atoms with Crippen molar-refractivity contribution in [1.29, 1.82) is 0 Å². The molecule has 2 unspecified atom stereocenters. The zero-order valence-corrected chi connectivity index (χ0v) is 11.9. The second-order valence-electron chi connectivity index (χ2n) is 5.35. The summed E-state index contributed by atoms with van der Waals surface area (Å²) in [5.74, 6) is 0.936. The molecule has 1 aliphatic carbocycles. The molecule has 0 spiro atoms. The van der Waals surface area contributed by atoms with Crippen molar-refractivity contribution < 1.29 is 0 Å². The van der Waals surface area contributed by atoms with Gasteiger partial charge in [-0.3, -0.25) is 0 Å². The molecule has 1 heterocycles. The van der Waals surface area contributed by atoms with E-state index in [9.17, 15) is 0 Å². The average Bonchev–Trinajstić information content (AvgIpc) is 2.59. The molecule has 2 rings (SSSR count). The largest absolute Gasteiger partial charge is 0.380 e. The highest BCUT2D eigenvalue weighted by atomic mass is 35.5. The van der Waals surface area contributed by atoms with E-state index in [1.165, 1.54) is 44.9 Å². The maximum atomic E-state index is 6.09. The first kappa shape index (κ1) is 13.7. The zero-order valence-electron chi connectivity index (χ0n) is 11.2. The number of hydrogen-bond donors (Lipinski definition) is 1. The van der Waals surface area contributed by atoms with Crippen LogP contribution in [0, 0.1) is 5.92 Å². The van der Waals surface area contributed by atoms with E-state index in [1.807, 2.05) is 12.1 Å². The summed E-state index contributed by atoms with van der Waals surface area (Å²) in [7, 11) is 0. The maximum absolute atomic E-state index is 6.09. The Bertz CT molecular complexity index is 367. The number of pyridine rings is 1. The Morgan fingerprint density at radius 2 is 2.22 bits per heavy atom. The lowest BCUT2D eigenvalue weighted by Gasteiger charge is -2.18. The third-order valence-electron chi connectivity index (χ3n) is 3.90. The van der Waals surface area contributed by atoms with E-state index in [0.29, 0.717) is 11.2 Å². The molecule has 1 fully saturated rings. The molecule has 1 saturated carbocycles. The SMILES string of the molecule is CCCC1CCCC(Nc2cccnc2Cl)CC1. The summed E-state index contributed by atoms with van der Waals surface area (Å²) in [4.78, 5) is 4.12. The minimum Gasteiger partial charge on any atom is -0.380 e. The van der Waals surface area contributed by atoms with Gasteiger partial charge in [-0.05, 0) is 37.3 Å². The van der Waals surface area contributed by atoms with Gasteiger partial charge in [-0.15, -0.1) is 0 Å². The molecule has 18 heavy (non-hydrogen) atoms. The highest BCUT2D eigenvalue weighted by molar-refractivity contribution is 6.31. The molecule has 1 aromatic heterocycles. The predicted octanol–water partition coefficient (Wildman–Crippen LogP) is 4.90. The summed E-state index contributed by atoms with van der Waals surface area (Å²) in [6.45, 7) is 2.29. The minimum atomic E-state index is 0.563. The number of aromatic nitrogens is 1. The van der Waals surface area contributed by atoms with E-state index in [1.54, 1.807) is 6.20 Å². The summed E-state index contributed by atoms with van der Waals surface area (Å²) in [5.41, 5.74) is 0.984. The average molecular weight is 267 g/mol. The van der Waals surface area contributed by atoms with E-state index in [2.05, 4.69) is 17.2 Å². The van der Waals surface area contributed by atoms with E-state index in [0.717, 1.165) is 11.6 Å². The lowest BCUT2D eigenvalue weighted by molar-refractivity contribution is 0.422. The molecular weight excluding hydrogens is 244 g/mol. The Balaban J connectivity index is 1.89. The van der Waals surface area contributed by atoms with E-state index in [-0.39, 0.29) is 0 Å². The third-order valence-corrected chi connectivity index (χ3v) is 4.21. The second kappa shape index (κ2) is 6.98. The topological polar surface area (TPSA) is 24.9 Å². The highest BCUT2D eigenvalue weighted by Crippen LogP contribution is 2.29. The van der Waals surface area contributed by atoms with Crippen LogP contribution < -0.4 is 5.32 Å². The van der Waals surface area contributed by atoms with Gasteiger partial charge in [-0.2, -0.15) is 0 Å². The van der Waals surface area contributed by atoms with Crippen LogP contribution in [0.4, 0.5) is 5.69 Å². The summed E-state index contributed by atoms with van der Waals surface area (Å²) in [6, 6.07) is 4.52. The first-order chi connectivity index (χ1) is 8.79. The molecule has 2 nitrogen and oxygen atoms in total. The highest BCUT2D eigenvalue weighted by Gasteiger charge is 2.18. The summed E-state index contributed by atoms with van der Waals surface area (Å²) in [5, 5.41) is 4.15. The van der Waals surface area contributed by atoms with E-state index >= 15 is 0 Å². The Kier molecular flexibility index (Phi) is 5.30. The fourth-order valence-corrected chi connectivity index (χ4v) is 3.11. The zero-order chi connectivity index (χ0) is 12.8. The molecule has 2 atom stereocenters. The molecule has 1 aliphatic rings. The van der Waals surface area contributed by atoms with Gasteiger partial charge in [-0.25, -0.2) is 4.98 Å². The fourth-order valence-electron chi connectivity index (χ4n) is 2.93. The van der Waals surface area contributed by atoms with Crippen molar-refractivity contribution in [2.24, 2.45) is 5.92 Å². The molecule has 3 heteroatoms. The van der Waals surface area contributed by atoms with Gasteiger partial charge in [0.25, 0.3) is 0 Å². The van der Waals surface area contributed by atoms with Crippen molar-refractivity contribution in [2.45, 2.75) is 57.9 Å². The quantitative estimate of drug-likeness (QED) is 0.620. The van der Waals surface area contributed by atoms with Crippen molar-refractivity contribution in [3.05, 3.63) is 23.5 Å². The first-order valence-corrected chi connectivity index (χ1v) is 7.54. The van der Waals surface area contributed by atoms with Crippen LogP contribution in [0.5, 0.6) is 0 Å². The standard InChI is InChI=1S/C15H23ClN2/c1-2-5-12-6-3-7-13(10-9-12)18-14-8-4-11-17-15(14)16/h4,8,11-13,18H,2-3,5-7,9-10H2,1H3. The van der Waals surface area contributed by atoms with Gasteiger partial charge in [0.05, 0.1) is 5.69 Å². The monoisotopic (exact) mass is 266 g/mol. The van der Waals surface area contributed by atoms with Gasteiger partial charge in [0.15, 0.2) is 5.15 Å². The number of anilines is 1. The van der Waals surface area contributed by atoms with Crippen LogP contribution in [0.1, 0.15) is 51.9 Å². The van der Waals surface area contributed by atoms with Crippen molar-refractivity contribution in [3.8, 4) is 0 Å². The fraction of sp³-hybridized carbons (Fsp3) is 0.667. The molecule has 100 valence electrons. The van der Waals surface area contributed by atoms with Gasteiger partial charge < -0.3 is 5.32 Å². The molecule has 0 saturated heterocycles. The number of rotatable bonds is 4. The van der Waals surface area contributed by atoms with Crippen molar-refractivity contribution in [1.82, 2.24) is 4.98 Å². The molecule has 0 bridgehead atoms. The van der Waals surface area contributed by atoms with Crippen molar-refractivity contribution in [3.63, 3.8) is 0 Å². The van der Waals surface area contributed by atoms with Crippen molar-refractivity contribution >= 4 is 17.3 Å². The van der Waals surface area contributed by atoms with Gasteiger partial charge in [-0.1, -0.05) is 44.2 Å². The number of hydrogen-bond acceptors (Lipinski definition) is 2. The Morgan fingerprint density at radius 1 is 1.33 bits per heavy atom. The lowest BCUT2D eigenvalue weighted by atomic mass is 9.95. The smallest absolute Gasteiger partial charge is 0.152 e. The minimum absolute atomic E-state index is 0.563. The Morgan fingerprint density at radius 3 is 3.00 bits per heavy atom. The van der Waals surface area contributed by atoms with Gasteiger partial charge in [0.1, 0.15) is 0 Å². The predicted molar refractivity (Wildman–Crippen MR) is 78.1 cm³/mol. The molecule has 0 aliphatic heterocycles. The lowest BCUT2D eigenvalue weighted by Crippen LogP contribution is -2.18. The van der Waals surface area contributed by atoms with Gasteiger partial charge in [0.2, 0.25) is 0 Å². The Hall–Kier alpha value is -0.760. The molecule has 0 amide bonds. The molecular formula is C15H23ClN2. The summed E-state index contributed by atoms with van der Waals surface area (Å²) in [6.07, 6.45) is 11.0. The van der Waals surface area contributed by atoms with Crippen LogP contribution in [0.2, 0.25) is 5.15 Å². The molecule has 1 N–H and O–H groups in total. The van der Waals surface area contributed by atoms with Crippen LogP contribution in [0.15, 0.2) is 18.3 Å². The van der Waals surface area contributed by atoms with Crippen LogP contribution in [0.25, 0.3) is 0 Å². The second-order valence-corrected chi connectivity index (χ2v) is 5.70. The first-order valence-electron chi connectivity index (χ1n) is 7.16. The molecule has 0 radical (unpaired) electrons. The van der Waals surface area contributed by atoms with E-state index < -0.39 is 0 Å². The maximum Gasteiger partial charge on any atom is 0.152 e. The van der Waals surface area contributed by atoms with Gasteiger partial charge in [0, 0.05) is 12.2 Å². The van der Waals surface area contributed by atoms with E-state index in [4.69, 9.17) is 11.6 Å². The van der Waals surface area contributed by atoms with Crippen LogP contribution in [-0.2, 0) is 0 Å². The normalized spacial score (nSPS) is 24.6. The van der Waals surface area contributed by atoms with Crippen LogP contribution in [-0.4, -0.2) is 11.0 Å². The Labute approximate surface area is 115 Å². The van der Waals surface area contributed by atoms with Crippen LogP contribution >= 0.6 is 11.6 Å².